The first kappa shape index (κ1) is 35.3. The van der Waals surface area contributed by atoms with Crippen LogP contribution >= 0.6 is 11.3 Å². The Morgan fingerprint density at radius 3 is 2.65 bits per heavy atom. The standard InChI is InChI=1S/C34H43N5O7S2/c1-21-17-39(22(2)19-40)32(41)15-24-14-25(36-34(43)37-28-11-7-9-23-8-5-6-10-27(23)28)12-13-29(24)46-30(21)18-38(4)48(44,45)26-16-31(47-20-26)33(42)35-3/h7,9,11-14,16,20-22,30,40H,5-6,8,10,15,17-19H2,1-4H3,(H,35,42)(H2,36,37,43)/t21-,22-,30-/m0/s1. The Bertz CT molecular complexity index is 1780. The molecule has 3 atom stereocenters. The number of nitrogens with one attached hydrogen (secondary N) is 3. The Balaban J connectivity index is 1.39. The molecule has 4 N–H and O–H groups in total. The smallest absolute Gasteiger partial charge is 0.323 e. The van der Waals surface area contributed by atoms with Gasteiger partial charge in [-0.25, -0.2) is 13.2 Å². The number of hydrogen-bond acceptors (Lipinski definition) is 8. The summed E-state index contributed by atoms with van der Waals surface area (Å²) in [4.78, 5) is 40.6. The number of thiophene rings is 1. The maximum Gasteiger partial charge on any atom is 0.323 e. The lowest BCUT2D eigenvalue weighted by Crippen LogP contribution is -2.48. The Labute approximate surface area is 285 Å². The molecule has 5 rings (SSSR count). The number of aliphatic hydroxyl groups excluding tert-OH is 1. The molecule has 0 unspecified atom stereocenters. The van der Waals surface area contributed by atoms with Gasteiger partial charge in [-0.2, -0.15) is 4.31 Å². The van der Waals surface area contributed by atoms with Crippen molar-refractivity contribution in [1.82, 2.24) is 14.5 Å². The molecule has 2 aromatic carbocycles. The van der Waals surface area contributed by atoms with E-state index in [1.807, 2.05) is 19.1 Å². The molecule has 1 aliphatic carbocycles. The average molecular weight is 698 g/mol. The summed E-state index contributed by atoms with van der Waals surface area (Å²) in [5, 5.41) is 19.7. The molecule has 0 bridgehead atoms. The number of aliphatic hydroxyl groups is 1. The van der Waals surface area contributed by atoms with Crippen LogP contribution in [0.3, 0.4) is 0 Å². The van der Waals surface area contributed by atoms with Crippen molar-refractivity contribution in [1.29, 1.82) is 0 Å². The van der Waals surface area contributed by atoms with Gasteiger partial charge in [0.1, 0.15) is 11.9 Å². The van der Waals surface area contributed by atoms with Crippen LogP contribution < -0.4 is 20.7 Å². The van der Waals surface area contributed by atoms with Crippen LogP contribution in [0.5, 0.6) is 5.75 Å². The second-order valence-electron chi connectivity index (χ2n) is 12.5. The van der Waals surface area contributed by atoms with Crippen molar-refractivity contribution in [2.24, 2.45) is 5.92 Å². The number of sulfonamides is 1. The van der Waals surface area contributed by atoms with E-state index >= 15 is 0 Å². The third-order valence-corrected chi connectivity index (χ3v) is 11.9. The SMILES string of the molecule is CNC(=O)c1cc(S(=O)(=O)N(C)C[C@@H]2Oc3ccc(NC(=O)Nc4cccc5c4CCCC5)cc3CC(=O)N([C@@H](C)CO)C[C@@H]2C)cs1. The van der Waals surface area contributed by atoms with Crippen LogP contribution in [-0.2, 0) is 34.1 Å². The first-order chi connectivity index (χ1) is 22.9. The number of urea groups is 1. The second kappa shape index (κ2) is 15.1. The zero-order valence-corrected chi connectivity index (χ0v) is 29.2. The number of hydrogen-bond donors (Lipinski definition) is 4. The molecule has 0 saturated carbocycles. The fraction of sp³-hybridized carbons (Fsp3) is 0.441. The van der Waals surface area contributed by atoms with E-state index < -0.39 is 28.2 Å². The van der Waals surface area contributed by atoms with Crippen LogP contribution in [0.2, 0.25) is 0 Å². The quantitative estimate of drug-likeness (QED) is 0.262. The first-order valence-corrected chi connectivity index (χ1v) is 18.4. The fourth-order valence-corrected chi connectivity index (χ4v) is 8.53. The monoisotopic (exact) mass is 697 g/mol. The summed E-state index contributed by atoms with van der Waals surface area (Å²) in [5.41, 5.74) is 4.16. The van der Waals surface area contributed by atoms with Gasteiger partial charge in [-0.1, -0.05) is 19.1 Å². The van der Waals surface area contributed by atoms with Gasteiger partial charge in [-0.05, 0) is 74.1 Å². The van der Waals surface area contributed by atoms with Crippen LogP contribution in [0.15, 0.2) is 52.7 Å². The number of anilines is 2. The molecule has 1 aromatic heterocycles. The molecule has 258 valence electrons. The van der Waals surface area contributed by atoms with Gasteiger partial charge < -0.3 is 30.7 Å². The molecule has 3 aromatic rings. The molecule has 14 heteroatoms. The molecule has 2 heterocycles. The molecule has 48 heavy (non-hydrogen) atoms. The highest BCUT2D eigenvalue weighted by Gasteiger charge is 2.34. The molecule has 0 radical (unpaired) electrons. The minimum Gasteiger partial charge on any atom is -0.488 e. The predicted octanol–water partition coefficient (Wildman–Crippen LogP) is 4.10. The number of ether oxygens (including phenoxy) is 1. The topological polar surface area (TPSA) is 157 Å². The number of carbonyl (C=O) groups is 3. The van der Waals surface area contributed by atoms with E-state index in [9.17, 15) is 27.9 Å². The molecule has 12 nitrogen and oxygen atoms in total. The number of benzene rings is 2. The van der Waals surface area contributed by atoms with Gasteiger partial charge in [0.25, 0.3) is 5.91 Å². The van der Waals surface area contributed by atoms with Crippen LogP contribution in [0, 0.1) is 5.92 Å². The summed E-state index contributed by atoms with van der Waals surface area (Å²) >= 11 is 1.04. The molecular weight excluding hydrogens is 655 g/mol. The minimum absolute atomic E-state index is 0.000401. The van der Waals surface area contributed by atoms with Crippen molar-refractivity contribution in [2.75, 3.05) is 44.4 Å². The van der Waals surface area contributed by atoms with Crippen LogP contribution in [0.4, 0.5) is 16.2 Å². The van der Waals surface area contributed by atoms with Gasteiger partial charge in [0, 0.05) is 48.9 Å². The zero-order valence-electron chi connectivity index (χ0n) is 27.6. The summed E-state index contributed by atoms with van der Waals surface area (Å²) < 4.78 is 34.7. The van der Waals surface area contributed by atoms with Crippen LogP contribution in [0.1, 0.15) is 53.1 Å². The largest absolute Gasteiger partial charge is 0.488 e. The van der Waals surface area contributed by atoms with Crippen LogP contribution in [0.25, 0.3) is 0 Å². The molecule has 4 amide bonds. The number of aryl methyl sites for hydroxylation is 1. The minimum atomic E-state index is -3.98. The van der Waals surface area contributed by atoms with E-state index in [1.54, 1.807) is 30.0 Å². The molecule has 0 fully saturated rings. The van der Waals surface area contributed by atoms with Gasteiger partial charge in [0.2, 0.25) is 15.9 Å². The fourth-order valence-electron chi connectivity index (χ4n) is 6.14. The van der Waals surface area contributed by atoms with E-state index in [4.69, 9.17) is 4.74 Å². The molecule has 1 aliphatic heterocycles. The number of carbonyl (C=O) groups excluding carboxylic acids is 3. The van der Waals surface area contributed by atoms with Gasteiger partial charge in [0.05, 0.1) is 35.4 Å². The van der Waals surface area contributed by atoms with Gasteiger partial charge >= 0.3 is 6.03 Å². The Kier molecular flexibility index (Phi) is 11.1. The maximum atomic E-state index is 13.6. The molecular formula is C34H43N5O7S2. The van der Waals surface area contributed by atoms with Crippen molar-refractivity contribution in [3.05, 3.63) is 69.4 Å². The van der Waals surface area contributed by atoms with E-state index in [2.05, 4.69) is 22.0 Å². The van der Waals surface area contributed by atoms with Crippen LogP contribution in [-0.4, -0.2) is 86.5 Å². The van der Waals surface area contributed by atoms with Crippen molar-refractivity contribution in [2.45, 2.75) is 63.0 Å². The van der Waals surface area contributed by atoms with Gasteiger partial charge in [-0.15, -0.1) is 11.3 Å². The van der Waals surface area contributed by atoms with Gasteiger partial charge in [0.15, 0.2) is 0 Å². The number of likely N-dealkylation sites (N-methyl/N-ethyl adjacent to an activating group) is 1. The third-order valence-electron chi connectivity index (χ3n) is 8.99. The lowest BCUT2D eigenvalue weighted by molar-refractivity contribution is -0.134. The van der Waals surface area contributed by atoms with Gasteiger partial charge in [-0.3, -0.25) is 9.59 Å². The second-order valence-corrected chi connectivity index (χ2v) is 15.4. The Morgan fingerprint density at radius 1 is 1.12 bits per heavy atom. The van der Waals surface area contributed by atoms with E-state index in [0.717, 1.165) is 48.3 Å². The van der Waals surface area contributed by atoms with E-state index in [-0.39, 0.29) is 53.6 Å². The highest BCUT2D eigenvalue weighted by molar-refractivity contribution is 7.89. The number of rotatable bonds is 9. The summed E-state index contributed by atoms with van der Waals surface area (Å²) in [6.07, 6.45) is 3.37. The Morgan fingerprint density at radius 2 is 1.90 bits per heavy atom. The van der Waals surface area contributed by atoms with E-state index in [0.29, 0.717) is 17.0 Å². The zero-order chi connectivity index (χ0) is 34.6. The summed E-state index contributed by atoms with van der Waals surface area (Å²) in [6, 6.07) is 11.4. The average Bonchev–Trinajstić information content (AvgIpc) is 3.59. The number of nitrogens with zero attached hydrogens (tertiary/aromatic N) is 2. The molecule has 0 saturated heterocycles. The number of amides is 4. The van der Waals surface area contributed by atoms with Crippen molar-refractivity contribution < 1.29 is 32.6 Å². The summed E-state index contributed by atoms with van der Waals surface area (Å²) in [6.45, 7) is 3.55. The predicted molar refractivity (Wildman–Crippen MR) is 185 cm³/mol. The van der Waals surface area contributed by atoms with E-state index in [1.165, 1.54) is 35.4 Å². The third kappa shape index (κ3) is 7.83. The molecule has 0 spiro atoms. The summed E-state index contributed by atoms with van der Waals surface area (Å²) in [5.74, 6) is -0.546. The normalized spacial score (nSPS) is 18.8. The first-order valence-electron chi connectivity index (χ1n) is 16.1. The van der Waals surface area contributed by atoms with Crippen molar-refractivity contribution in [3.8, 4) is 5.75 Å². The van der Waals surface area contributed by atoms with Crippen molar-refractivity contribution in [3.63, 3.8) is 0 Å². The maximum absolute atomic E-state index is 13.6. The lowest BCUT2D eigenvalue weighted by Gasteiger charge is -2.33. The summed E-state index contributed by atoms with van der Waals surface area (Å²) in [7, 11) is -1.05. The highest BCUT2D eigenvalue weighted by Crippen LogP contribution is 2.31. The Hall–Kier alpha value is -3.98. The van der Waals surface area contributed by atoms with Crippen molar-refractivity contribution >= 4 is 50.6 Å². The highest BCUT2D eigenvalue weighted by atomic mass is 32.2. The molecule has 2 aliphatic rings. The lowest BCUT2D eigenvalue weighted by atomic mass is 9.90. The number of fused-ring (bicyclic) bond motifs is 2.